The molecule has 0 aliphatic carbocycles. The minimum Gasteiger partial charge on any atom is -0.480 e. The van der Waals surface area contributed by atoms with E-state index in [4.69, 9.17) is 23.2 Å². The van der Waals surface area contributed by atoms with Gasteiger partial charge >= 0.3 is 5.97 Å². The van der Waals surface area contributed by atoms with Crippen molar-refractivity contribution in [2.24, 2.45) is 0 Å². The number of hydrogen-bond donors (Lipinski definition) is 2. The van der Waals surface area contributed by atoms with E-state index in [9.17, 15) is 19.5 Å². The van der Waals surface area contributed by atoms with Crippen LogP contribution >= 0.6 is 23.2 Å². The number of carboxylic acids is 1. The summed E-state index contributed by atoms with van der Waals surface area (Å²) in [4.78, 5) is 39.7. The lowest BCUT2D eigenvalue weighted by Crippen LogP contribution is -2.64. The highest BCUT2D eigenvalue weighted by atomic mass is 35.5. The van der Waals surface area contributed by atoms with Crippen molar-refractivity contribution in [3.05, 3.63) is 75.8 Å². The van der Waals surface area contributed by atoms with Crippen LogP contribution in [0.2, 0.25) is 10.0 Å². The van der Waals surface area contributed by atoms with E-state index in [1.165, 1.54) is 4.90 Å². The van der Waals surface area contributed by atoms with Crippen molar-refractivity contribution in [1.29, 1.82) is 0 Å². The van der Waals surface area contributed by atoms with E-state index >= 15 is 0 Å². The van der Waals surface area contributed by atoms with Crippen LogP contribution in [0.3, 0.4) is 0 Å². The molecule has 4 rings (SSSR count). The van der Waals surface area contributed by atoms with E-state index < -0.39 is 29.9 Å². The number of fused-ring (bicyclic) bond motifs is 2. The first kappa shape index (κ1) is 21.4. The SMILES string of the molecule is C=C(C)C1N(CC(=O)O)C(=O)CC(c2cccc(Cl)c2)C12C(=O)Nc1cc(Cl)ccc12. The molecule has 2 N–H and O–H groups in total. The number of rotatable bonds is 4. The quantitative estimate of drug-likeness (QED) is 0.671. The van der Waals surface area contributed by atoms with Gasteiger partial charge in [-0.05, 0) is 42.3 Å². The number of halogens is 2. The van der Waals surface area contributed by atoms with Crippen molar-refractivity contribution in [2.75, 3.05) is 11.9 Å². The molecule has 1 fully saturated rings. The second kappa shape index (κ2) is 7.70. The molecule has 0 radical (unpaired) electrons. The van der Waals surface area contributed by atoms with Gasteiger partial charge in [0, 0.05) is 28.1 Å². The number of carbonyl (C=O) groups excluding carboxylic acids is 2. The fourth-order valence-corrected chi connectivity index (χ4v) is 5.43. The summed E-state index contributed by atoms with van der Waals surface area (Å²) in [5.41, 5.74) is 1.15. The first-order valence-electron chi connectivity index (χ1n) is 9.69. The number of carbonyl (C=O) groups is 3. The molecule has 0 aromatic heterocycles. The fraction of sp³-hybridized carbons (Fsp3) is 0.261. The molecule has 160 valence electrons. The van der Waals surface area contributed by atoms with Gasteiger partial charge in [0.2, 0.25) is 11.8 Å². The molecule has 2 aliphatic rings. The van der Waals surface area contributed by atoms with E-state index in [2.05, 4.69) is 11.9 Å². The predicted molar refractivity (Wildman–Crippen MR) is 119 cm³/mol. The maximum Gasteiger partial charge on any atom is 0.323 e. The number of anilines is 1. The average Bonchev–Trinajstić information content (AvgIpc) is 2.95. The number of piperidine rings is 1. The van der Waals surface area contributed by atoms with E-state index in [0.29, 0.717) is 26.9 Å². The highest BCUT2D eigenvalue weighted by Crippen LogP contribution is 2.56. The monoisotopic (exact) mass is 458 g/mol. The van der Waals surface area contributed by atoms with Gasteiger partial charge < -0.3 is 15.3 Å². The molecule has 0 saturated carbocycles. The Labute approximate surface area is 189 Å². The zero-order valence-corrected chi connectivity index (χ0v) is 18.2. The predicted octanol–water partition coefficient (Wildman–Crippen LogP) is 4.23. The zero-order valence-electron chi connectivity index (χ0n) is 16.7. The van der Waals surface area contributed by atoms with E-state index in [-0.39, 0.29) is 18.2 Å². The maximum atomic E-state index is 13.7. The number of nitrogens with one attached hydrogen (secondary N) is 1. The third-order valence-electron chi connectivity index (χ3n) is 6.07. The summed E-state index contributed by atoms with van der Waals surface area (Å²) in [5, 5.41) is 13.3. The molecule has 31 heavy (non-hydrogen) atoms. The minimum absolute atomic E-state index is 0.0487. The average molecular weight is 459 g/mol. The normalized spacial score (nSPS) is 24.8. The molecule has 3 atom stereocenters. The smallest absolute Gasteiger partial charge is 0.323 e. The van der Waals surface area contributed by atoms with Crippen LogP contribution in [0, 0.1) is 0 Å². The minimum atomic E-state index is -1.28. The number of carboxylic acid groups (broad SMARTS) is 1. The first-order valence-corrected chi connectivity index (χ1v) is 10.5. The zero-order chi connectivity index (χ0) is 22.5. The highest BCUT2D eigenvalue weighted by Gasteiger charge is 2.63. The molecule has 0 bridgehead atoms. The van der Waals surface area contributed by atoms with E-state index in [1.54, 1.807) is 43.3 Å². The third-order valence-corrected chi connectivity index (χ3v) is 6.54. The van der Waals surface area contributed by atoms with Crippen LogP contribution < -0.4 is 5.32 Å². The van der Waals surface area contributed by atoms with E-state index in [0.717, 1.165) is 5.56 Å². The molecule has 2 aromatic rings. The summed E-state index contributed by atoms with van der Waals surface area (Å²) < 4.78 is 0. The van der Waals surface area contributed by atoms with Crippen molar-refractivity contribution < 1.29 is 19.5 Å². The lowest BCUT2D eigenvalue weighted by atomic mass is 9.58. The fourth-order valence-electron chi connectivity index (χ4n) is 5.06. The highest BCUT2D eigenvalue weighted by molar-refractivity contribution is 6.31. The number of hydrogen-bond acceptors (Lipinski definition) is 3. The number of aliphatic carboxylic acids is 1. The first-order chi connectivity index (χ1) is 14.7. The molecule has 2 amide bonds. The second-order valence-electron chi connectivity index (χ2n) is 7.99. The molecule has 1 spiro atoms. The molecule has 3 unspecified atom stereocenters. The van der Waals surface area contributed by atoms with Crippen molar-refractivity contribution >= 4 is 46.7 Å². The summed E-state index contributed by atoms with van der Waals surface area (Å²) in [6, 6.07) is 11.3. The Balaban J connectivity index is 2.03. The molecule has 2 aliphatic heterocycles. The van der Waals surface area contributed by atoms with Gasteiger partial charge in [0.25, 0.3) is 0 Å². The number of likely N-dealkylation sites (tertiary alicyclic amines) is 1. The second-order valence-corrected chi connectivity index (χ2v) is 8.86. The summed E-state index contributed by atoms with van der Waals surface area (Å²) in [6.45, 7) is 5.21. The molecule has 6 nitrogen and oxygen atoms in total. The number of amides is 2. The standard InChI is InChI=1S/C23H20Cl2N2O4/c1-12(2)21-23(16-7-6-15(25)9-18(16)26-22(23)31)17(13-4-3-5-14(24)8-13)10-19(28)27(21)11-20(29)30/h3-9,17,21H,1,10-11H2,2H3,(H,26,31)(H,29,30). The summed E-state index contributed by atoms with van der Waals surface area (Å²) >= 11 is 12.4. The summed E-state index contributed by atoms with van der Waals surface area (Å²) in [5.74, 6) is -2.43. The molecular formula is C23H20Cl2N2O4. The van der Waals surface area contributed by atoms with Crippen LogP contribution in [0.4, 0.5) is 5.69 Å². The Bertz CT molecular complexity index is 1130. The van der Waals surface area contributed by atoms with Crippen molar-refractivity contribution in [1.82, 2.24) is 4.90 Å². The van der Waals surface area contributed by atoms with Crippen LogP contribution in [0.5, 0.6) is 0 Å². The van der Waals surface area contributed by atoms with Crippen LogP contribution in [0.15, 0.2) is 54.6 Å². The Kier molecular flexibility index (Phi) is 5.31. The van der Waals surface area contributed by atoms with Gasteiger partial charge in [-0.2, -0.15) is 0 Å². The Morgan fingerprint density at radius 1 is 1.23 bits per heavy atom. The number of nitrogens with zero attached hydrogens (tertiary/aromatic N) is 1. The molecule has 2 heterocycles. The van der Waals surface area contributed by atoms with Gasteiger partial charge in [-0.3, -0.25) is 14.4 Å². The van der Waals surface area contributed by atoms with Gasteiger partial charge in [0.05, 0.1) is 6.04 Å². The van der Waals surface area contributed by atoms with Gasteiger partial charge in [-0.25, -0.2) is 0 Å². The van der Waals surface area contributed by atoms with E-state index in [1.807, 2.05) is 6.07 Å². The van der Waals surface area contributed by atoms with Crippen molar-refractivity contribution in [2.45, 2.75) is 30.7 Å². The van der Waals surface area contributed by atoms with Crippen molar-refractivity contribution in [3.63, 3.8) is 0 Å². The van der Waals surface area contributed by atoms with Gasteiger partial charge in [-0.15, -0.1) is 0 Å². The Morgan fingerprint density at radius 2 is 1.94 bits per heavy atom. The largest absolute Gasteiger partial charge is 0.480 e. The van der Waals surface area contributed by atoms with Crippen LogP contribution in [0.1, 0.15) is 30.4 Å². The molecular weight excluding hydrogens is 439 g/mol. The summed E-state index contributed by atoms with van der Waals surface area (Å²) in [6.07, 6.45) is -0.0487. The maximum absolute atomic E-state index is 13.7. The Morgan fingerprint density at radius 3 is 2.58 bits per heavy atom. The van der Waals surface area contributed by atoms with Crippen molar-refractivity contribution in [3.8, 4) is 0 Å². The molecule has 1 saturated heterocycles. The van der Waals surface area contributed by atoms with Gasteiger partial charge in [-0.1, -0.05) is 53.6 Å². The van der Waals surface area contributed by atoms with Crippen LogP contribution in [0.25, 0.3) is 0 Å². The van der Waals surface area contributed by atoms with Crippen LogP contribution in [-0.2, 0) is 19.8 Å². The molecule has 2 aromatic carbocycles. The molecule has 8 heteroatoms. The lowest BCUT2D eigenvalue weighted by molar-refractivity contribution is -0.152. The van der Waals surface area contributed by atoms with Crippen LogP contribution in [-0.4, -0.2) is 40.4 Å². The lowest BCUT2D eigenvalue weighted by Gasteiger charge is -2.51. The van der Waals surface area contributed by atoms with Gasteiger partial charge in [0.1, 0.15) is 12.0 Å². The van der Waals surface area contributed by atoms with Gasteiger partial charge in [0.15, 0.2) is 0 Å². The topological polar surface area (TPSA) is 86.7 Å². The number of benzene rings is 2. The third kappa shape index (κ3) is 3.30. The summed E-state index contributed by atoms with van der Waals surface area (Å²) in [7, 11) is 0. The Hall–Kier alpha value is -2.83.